The Morgan fingerprint density at radius 2 is 1.10 bits per heavy atom. The Balaban J connectivity index is -0.0000000384. The maximum Gasteiger partial charge on any atom is 0 e. The van der Waals surface area contributed by atoms with E-state index in [1.54, 1.807) is 0 Å². The van der Waals surface area contributed by atoms with E-state index in [1.807, 2.05) is 0 Å². The molecular weight excluding hydrogens is 566 g/mol. The summed E-state index contributed by atoms with van der Waals surface area (Å²) >= 11 is 2.37. The monoisotopic (exact) mass is 574 g/mol. The molecular formula is C12H8IO5PW. The van der Waals surface area contributed by atoms with Gasteiger partial charge in [-0.15, -0.1) is 0 Å². The third-order valence-corrected chi connectivity index (χ3v) is 3.38. The van der Waals surface area contributed by atoms with Crippen LogP contribution in [0.5, 0.6) is 0 Å². The van der Waals surface area contributed by atoms with Crippen molar-refractivity contribution in [2.45, 2.75) is 13.8 Å². The summed E-state index contributed by atoms with van der Waals surface area (Å²) in [6, 6.07) is 2.23. The number of halogens is 1. The van der Waals surface area contributed by atoms with Crippen molar-refractivity contribution in [2.75, 3.05) is 0 Å². The fourth-order valence-corrected chi connectivity index (χ4v) is 2.26. The van der Waals surface area contributed by atoms with Gasteiger partial charge in [0.1, 0.15) is 0 Å². The fraction of sp³-hybridized carbons (Fsp3) is 0.167. The van der Waals surface area contributed by atoms with E-state index in [2.05, 4.69) is 81.6 Å². The van der Waals surface area contributed by atoms with Gasteiger partial charge in [0.05, 0.1) is 0 Å². The molecule has 104 valence electrons. The van der Waals surface area contributed by atoms with Crippen LogP contribution in [0.2, 0.25) is 0 Å². The minimum Gasteiger partial charge on any atom is 0 e. The summed E-state index contributed by atoms with van der Waals surface area (Å²) in [4.78, 5) is 0. The van der Waals surface area contributed by atoms with Crippen molar-refractivity contribution in [3.05, 3.63) is 59.5 Å². The third kappa shape index (κ3) is 30.6. The maximum absolute atomic E-state index is 7.50. The zero-order valence-corrected chi connectivity index (χ0v) is 16.4. The molecule has 0 spiro atoms. The zero-order chi connectivity index (χ0) is 16.9. The van der Waals surface area contributed by atoms with E-state index in [9.17, 15) is 0 Å². The molecule has 0 atom stereocenters. The van der Waals surface area contributed by atoms with E-state index in [0.29, 0.717) is 0 Å². The Labute approximate surface area is 148 Å². The molecule has 0 saturated carbocycles. The summed E-state index contributed by atoms with van der Waals surface area (Å²) in [5.74, 6) is 2.25. The van der Waals surface area contributed by atoms with E-state index in [0.717, 1.165) is 0 Å². The van der Waals surface area contributed by atoms with Crippen LogP contribution < -0.4 is 0 Å². The van der Waals surface area contributed by atoms with Crippen LogP contribution in [0.25, 0.3) is 0 Å². The summed E-state index contributed by atoms with van der Waals surface area (Å²) < 4.78 is 38.9. The van der Waals surface area contributed by atoms with E-state index in [-0.39, 0.29) is 21.1 Å². The second-order valence-electron chi connectivity index (χ2n) is 2.09. The Morgan fingerprint density at radius 3 is 1.30 bits per heavy atom. The second kappa shape index (κ2) is 42.8. The van der Waals surface area contributed by atoms with E-state index in [4.69, 9.17) is 23.3 Å². The average molecular weight is 574 g/mol. The van der Waals surface area contributed by atoms with Crippen LogP contribution in [0, 0.1) is 50.4 Å². The summed E-state index contributed by atoms with van der Waals surface area (Å²) in [6.07, 6.45) is 0. The van der Waals surface area contributed by atoms with Gasteiger partial charge in [0.15, 0.2) is 0 Å². The predicted octanol–water partition coefficient (Wildman–Crippen LogP) is 3.30. The first-order valence-corrected chi connectivity index (χ1v) is 5.85. The van der Waals surface area contributed by atoms with Crippen molar-refractivity contribution in [1.29, 1.82) is 0 Å². The van der Waals surface area contributed by atoms with Crippen molar-refractivity contribution in [3.8, 4) is 0 Å². The number of hydrogen-bond acceptors (Lipinski definition) is 0. The van der Waals surface area contributed by atoms with Gasteiger partial charge in [-0.3, -0.25) is 0 Å². The molecule has 8 heteroatoms. The molecule has 0 saturated heterocycles. The van der Waals surface area contributed by atoms with E-state index in [1.165, 1.54) is 22.6 Å². The van der Waals surface area contributed by atoms with E-state index >= 15 is 0 Å². The van der Waals surface area contributed by atoms with Crippen LogP contribution in [0.4, 0.5) is 0 Å². The van der Waals surface area contributed by atoms with Gasteiger partial charge in [0.2, 0.25) is 0 Å². The second-order valence-corrected chi connectivity index (χ2v) is 5.11. The molecule has 20 heavy (non-hydrogen) atoms. The number of aryl methyl sites for hydroxylation is 2. The first-order valence-electron chi connectivity index (χ1n) is 3.81. The molecule has 0 aliphatic rings. The fourth-order valence-electron chi connectivity index (χ4n) is 0.590. The zero-order valence-electron chi connectivity index (χ0n) is 10.4. The minimum absolute atomic E-state index is 0. The van der Waals surface area contributed by atoms with Crippen LogP contribution in [0.3, 0.4) is 0 Å². The molecule has 1 aromatic heterocycles. The van der Waals surface area contributed by atoms with E-state index < -0.39 is 0 Å². The van der Waals surface area contributed by atoms with Gasteiger partial charge in [-0.2, -0.15) is 0 Å². The molecule has 1 rings (SSSR count). The van der Waals surface area contributed by atoms with Gasteiger partial charge in [0.25, 0.3) is 0 Å². The maximum atomic E-state index is 7.50. The van der Waals surface area contributed by atoms with Gasteiger partial charge in [0, 0.05) is 24.4 Å². The van der Waals surface area contributed by atoms with Gasteiger partial charge in [-0.25, -0.2) is 0 Å². The Bertz CT molecular complexity index is 378. The van der Waals surface area contributed by atoms with Gasteiger partial charge >= 0.3 is 56.5 Å². The third-order valence-electron chi connectivity index (χ3n) is 1.34. The van der Waals surface area contributed by atoms with Crippen LogP contribution in [-0.4, -0.2) is 0 Å². The molecule has 0 amide bonds. The normalized spacial score (nSPS) is 5.25. The Kier molecular flexibility index (Phi) is 78.6. The molecule has 0 unspecified atom stereocenters. The quantitative estimate of drug-likeness (QED) is 0.259. The minimum atomic E-state index is 0. The van der Waals surface area contributed by atoms with Crippen LogP contribution in [0.1, 0.15) is 11.1 Å². The summed E-state index contributed by atoms with van der Waals surface area (Å²) in [5, 5.41) is 0. The molecule has 0 aromatic carbocycles. The molecule has 0 aliphatic carbocycles. The first kappa shape index (κ1) is 36.7. The SMILES string of the molecule is Cc1cpc(I)cc1C.[C-]#[O+].[C-]#[O+].[C-]#[O+].[C-]#[O+].[C-]#[O+].[W]. The summed E-state index contributed by atoms with van der Waals surface area (Å²) in [6.45, 7) is 26.8. The molecule has 0 N–H and O–H groups in total. The number of hydrogen-bond donors (Lipinski definition) is 0. The molecule has 0 aliphatic heterocycles. The van der Waals surface area contributed by atoms with Crippen molar-refractivity contribution in [3.63, 3.8) is 0 Å². The molecule has 1 aromatic rings. The summed E-state index contributed by atoms with van der Waals surface area (Å²) in [7, 11) is 1.35. The van der Waals surface area contributed by atoms with Crippen molar-refractivity contribution in [1.82, 2.24) is 0 Å². The average Bonchev–Trinajstić information content (AvgIpc) is 2.53. The Hall–Kier alpha value is -0.232. The van der Waals surface area contributed by atoms with Crippen LogP contribution >= 0.6 is 30.8 Å². The van der Waals surface area contributed by atoms with Gasteiger partial charge in [-0.05, 0) is 59.4 Å². The van der Waals surface area contributed by atoms with Crippen LogP contribution in [0.15, 0.2) is 11.9 Å². The smallest absolute Gasteiger partial charge is 0 e. The van der Waals surface area contributed by atoms with Gasteiger partial charge < -0.3 is 0 Å². The first-order chi connectivity index (χ1) is 9.20. The summed E-state index contributed by atoms with van der Waals surface area (Å²) in [5.41, 5.74) is 2.82. The van der Waals surface area contributed by atoms with Gasteiger partial charge in [-0.1, -0.05) is 8.19 Å². The molecule has 0 radical (unpaired) electrons. The Morgan fingerprint density at radius 1 is 0.800 bits per heavy atom. The standard InChI is InChI=1S/C7H8IP.5CO.W/c1-5-3-7(8)9-4-6(5)2;5*1-2;/h3-4H,1-2H3;;;;;;. The number of rotatable bonds is 0. The predicted molar refractivity (Wildman–Crippen MR) is 70.8 cm³/mol. The molecule has 0 bridgehead atoms. The van der Waals surface area contributed by atoms with Crippen molar-refractivity contribution >= 4 is 30.8 Å². The topological polar surface area (TPSA) is 99.5 Å². The van der Waals surface area contributed by atoms with Crippen molar-refractivity contribution in [2.24, 2.45) is 0 Å². The molecule has 5 nitrogen and oxygen atoms in total. The largest absolute Gasteiger partial charge is 0 e. The van der Waals surface area contributed by atoms with Crippen molar-refractivity contribution < 1.29 is 44.3 Å². The molecule has 1 heterocycles. The molecule has 0 fully saturated rings. The van der Waals surface area contributed by atoms with Crippen LogP contribution in [-0.2, 0) is 44.3 Å².